The molecule has 1 heterocycles. The van der Waals surface area contributed by atoms with Crippen molar-refractivity contribution in [2.24, 2.45) is 0 Å². The van der Waals surface area contributed by atoms with Crippen LogP contribution >= 0.6 is 0 Å². The fourth-order valence-electron chi connectivity index (χ4n) is 3.08. The highest BCUT2D eigenvalue weighted by Crippen LogP contribution is 2.32. The predicted molar refractivity (Wildman–Crippen MR) is 147 cm³/mol. The average molecular weight is 462 g/mol. The first kappa shape index (κ1) is 30.3. The second kappa shape index (κ2) is 16.9. The number of aromatic hydroxyl groups is 1. The summed E-state index contributed by atoms with van der Waals surface area (Å²) < 4.78 is 0. The van der Waals surface area contributed by atoms with Crippen molar-refractivity contribution in [1.82, 2.24) is 4.98 Å². The molecule has 4 rings (SSSR count). The quantitative estimate of drug-likeness (QED) is 0.302. The van der Waals surface area contributed by atoms with Gasteiger partial charge in [0.2, 0.25) is 5.56 Å². The van der Waals surface area contributed by atoms with E-state index in [2.05, 4.69) is 4.98 Å². The average Bonchev–Trinajstić information content (AvgIpc) is 2.93. The van der Waals surface area contributed by atoms with Gasteiger partial charge in [0.25, 0.3) is 0 Å². The van der Waals surface area contributed by atoms with Crippen LogP contribution in [0, 0.1) is 0 Å². The minimum absolute atomic E-state index is 0.128. The predicted octanol–water partition coefficient (Wildman–Crippen LogP) is 8.24. The van der Waals surface area contributed by atoms with Gasteiger partial charge in [-0.2, -0.15) is 0 Å². The van der Waals surface area contributed by atoms with Crippen LogP contribution in [0.4, 0.5) is 0 Å². The van der Waals surface area contributed by atoms with Crippen LogP contribution in [0.1, 0.15) is 71.3 Å². The third-order valence-corrected chi connectivity index (χ3v) is 4.31. The Morgan fingerprint density at radius 2 is 1.18 bits per heavy atom. The standard InChI is InChI=1S/C22H15NO3.4C2H6/c24-19-12-16(22(26)15-9-5-2-6-10-15)11-18-17(13-20(25)23-21(18)19)14-7-3-1-4-8-14;4*1-2/h1-13,24H,(H,23,25);4*1-2H3. The highest BCUT2D eigenvalue weighted by molar-refractivity contribution is 6.12. The molecule has 4 nitrogen and oxygen atoms in total. The maximum absolute atomic E-state index is 12.8. The summed E-state index contributed by atoms with van der Waals surface area (Å²) in [6.45, 7) is 16.0. The lowest BCUT2D eigenvalue weighted by Gasteiger charge is -2.10. The molecule has 0 aliphatic carbocycles. The van der Waals surface area contributed by atoms with E-state index >= 15 is 0 Å². The van der Waals surface area contributed by atoms with E-state index in [1.165, 1.54) is 12.1 Å². The lowest BCUT2D eigenvalue weighted by atomic mass is 9.96. The van der Waals surface area contributed by atoms with Crippen LogP contribution in [0.2, 0.25) is 0 Å². The summed E-state index contributed by atoms with van der Waals surface area (Å²) >= 11 is 0. The molecule has 0 bridgehead atoms. The number of aromatic amines is 1. The summed E-state index contributed by atoms with van der Waals surface area (Å²) in [6, 6.07) is 22.9. The maximum atomic E-state index is 12.8. The number of carbonyl (C=O) groups excluding carboxylic acids is 1. The van der Waals surface area contributed by atoms with Gasteiger partial charge in [0.05, 0.1) is 5.52 Å². The van der Waals surface area contributed by atoms with Crippen molar-refractivity contribution >= 4 is 16.7 Å². The molecule has 0 amide bonds. The molecule has 34 heavy (non-hydrogen) atoms. The van der Waals surface area contributed by atoms with E-state index in [9.17, 15) is 14.7 Å². The first-order valence-electron chi connectivity index (χ1n) is 12.2. The Morgan fingerprint density at radius 3 is 1.71 bits per heavy atom. The molecule has 0 spiro atoms. The number of phenols is 1. The van der Waals surface area contributed by atoms with Gasteiger partial charge in [-0.15, -0.1) is 0 Å². The molecule has 0 aliphatic rings. The maximum Gasteiger partial charge on any atom is 0.249 e. The second-order valence-corrected chi connectivity index (χ2v) is 6.03. The molecule has 0 radical (unpaired) electrons. The molecule has 182 valence electrons. The Kier molecular flexibility index (Phi) is 15.1. The number of nitrogens with one attached hydrogen (secondary N) is 1. The largest absolute Gasteiger partial charge is 0.506 e. The van der Waals surface area contributed by atoms with Crippen LogP contribution in [0.3, 0.4) is 0 Å². The lowest BCUT2D eigenvalue weighted by Crippen LogP contribution is -2.07. The first-order chi connectivity index (χ1) is 16.6. The van der Waals surface area contributed by atoms with Gasteiger partial charge in [-0.25, -0.2) is 0 Å². The van der Waals surface area contributed by atoms with Crippen LogP contribution in [-0.2, 0) is 0 Å². The number of aromatic nitrogens is 1. The van der Waals surface area contributed by atoms with Crippen molar-refractivity contribution < 1.29 is 9.90 Å². The Bertz CT molecular complexity index is 1160. The second-order valence-electron chi connectivity index (χ2n) is 6.03. The molecule has 0 saturated carbocycles. The molecule has 0 aliphatic heterocycles. The van der Waals surface area contributed by atoms with Crippen molar-refractivity contribution in [3.05, 3.63) is 100 Å². The number of carbonyl (C=O) groups is 1. The van der Waals surface area contributed by atoms with Crippen molar-refractivity contribution in [2.45, 2.75) is 55.4 Å². The number of pyridine rings is 1. The zero-order valence-electron chi connectivity index (χ0n) is 21.8. The lowest BCUT2D eigenvalue weighted by molar-refractivity contribution is 0.103. The SMILES string of the molecule is CC.CC.CC.CC.O=C(c1ccccc1)c1cc(O)c2[nH]c(=O)cc(-c3ccccc3)c2c1. The fourth-order valence-corrected chi connectivity index (χ4v) is 3.08. The van der Waals surface area contributed by atoms with Gasteiger partial charge in [0.15, 0.2) is 5.78 Å². The summed E-state index contributed by atoms with van der Waals surface area (Å²) in [4.78, 5) is 27.5. The Hall–Kier alpha value is -3.66. The highest BCUT2D eigenvalue weighted by Gasteiger charge is 2.15. The molecule has 4 aromatic rings. The number of hydrogen-bond donors (Lipinski definition) is 2. The third kappa shape index (κ3) is 7.73. The minimum atomic E-state index is -0.311. The van der Waals surface area contributed by atoms with Crippen LogP contribution in [0.15, 0.2) is 83.7 Å². The number of H-pyrrole nitrogens is 1. The van der Waals surface area contributed by atoms with Crippen molar-refractivity contribution in [2.75, 3.05) is 0 Å². The number of fused-ring (bicyclic) bond motifs is 1. The molecule has 2 N–H and O–H groups in total. The minimum Gasteiger partial charge on any atom is -0.506 e. The topological polar surface area (TPSA) is 70.2 Å². The molecule has 1 aromatic heterocycles. The normalized spacial score (nSPS) is 8.94. The molecule has 3 aromatic carbocycles. The summed E-state index contributed by atoms with van der Waals surface area (Å²) in [7, 11) is 0. The van der Waals surface area contributed by atoms with Gasteiger partial charge in [-0.1, -0.05) is 116 Å². The van der Waals surface area contributed by atoms with Crippen LogP contribution < -0.4 is 5.56 Å². The molecule has 0 atom stereocenters. The van der Waals surface area contributed by atoms with E-state index < -0.39 is 0 Å². The van der Waals surface area contributed by atoms with E-state index in [0.29, 0.717) is 27.6 Å². The number of ketones is 1. The molecular formula is C30H39NO3. The summed E-state index contributed by atoms with van der Waals surface area (Å²) in [6.07, 6.45) is 0. The summed E-state index contributed by atoms with van der Waals surface area (Å²) in [5.41, 5.74) is 2.42. The molecular weight excluding hydrogens is 422 g/mol. The van der Waals surface area contributed by atoms with Gasteiger partial charge in [0.1, 0.15) is 5.75 Å². The van der Waals surface area contributed by atoms with Gasteiger partial charge in [0, 0.05) is 22.6 Å². The van der Waals surface area contributed by atoms with E-state index in [-0.39, 0.29) is 17.1 Å². The van der Waals surface area contributed by atoms with Gasteiger partial charge < -0.3 is 10.1 Å². The van der Waals surface area contributed by atoms with Gasteiger partial charge in [-0.05, 0) is 23.3 Å². The van der Waals surface area contributed by atoms with E-state index in [1.807, 2.05) is 91.8 Å². The Morgan fingerprint density at radius 1 is 0.676 bits per heavy atom. The molecule has 0 fully saturated rings. The fraction of sp³-hybridized carbons (Fsp3) is 0.267. The number of rotatable bonds is 3. The van der Waals surface area contributed by atoms with E-state index in [1.54, 1.807) is 30.3 Å². The number of hydrogen-bond acceptors (Lipinski definition) is 3. The highest BCUT2D eigenvalue weighted by atomic mass is 16.3. The van der Waals surface area contributed by atoms with Crippen LogP contribution in [0.25, 0.3) is 22.0 Å². The molecule has 0 saturated heterocycles. The van der Waals surface area contributed by atoms with Crippen LogP contribution in [0.5, 0.6) is 5.75 Å². The third-order valence-electron chi connectivity index (χ3n) is 4.31. The van der Waals surface area contributed by atoms with Crippen molar-refractivity contribution in [3.63, 3.8) is 0 Å². The van der Waals surface area contributed by atoms with Crippen molar-refractivity contribution in [3.8, 4) is 16.9 Å². The van der Waals surface area contributed by atoms with Crippen LogP contribution in [-0.4, -0.2) is 15.9 Å². The zero-order valence-corrected chi connectivity index (χ0v) is 21.8. The molecule has 0 unspecified atom stereocenters. The number of phenolic OH excluding ortho intramolecular Hbond substituents is 1. The van der Waals surface area contributed by atoms with E-state index in [4.69, 9.17) is 0 Å². The van der Waals surface area contributed by atoms with Gasteiger partial charge in [-0.3, -0.25) is 9.59 Å². The van der Waals surface area contributed by atoms with Crippen molar-refractivity contribution in [1.29, 1.82) is 0 Å². The van der Waals surface area contributed by atoms with Gasteiger partial charge >= 0.3 is 0 Å². The molecule has 4 heteroatoms. The first-order valence-corrected chi connectivity index (χ1v) is 12.2. The monoisotopic (exact) mass is 461 g/mol. The smallest absolute Gasteiger partial charge is 0.249 e. The Balaban J connectivity index is 0.00000124. The number of benzene rings is 3. The summed E-state index contributed by atoms with van der Waals surface area (Å²) in [5, 5.41) is 11.0. The van der Waals surface area contributed by atoms with E-state index in [0.717, 1.165) is 5.56 Å². The Labute approximate surface area is 204 Å². The zero-order chi connectivity index (χ0) is 26.1. The summed E-state index contributed by atoms with van der Waals surface area (Å²) in [5.74, 6) is -0.315.